The zero-order chi connectivity index (χ0) is 20.1. The second kappa shape index (κ2) is 8.16. The van der Waals surface area contributed by atoms with Gasteiger partial charge in [-0.3, -0.25) is 4.98 Å². The number of rotatable bonds is 6. The fourth-order valence-corrected chi connectivity index (χ4v) is 2.43. The molecule has 0 atom stereocenters. The van der Waals surface area contributed by atoms with Crippen molar-refractivity contribution in [1.82, 2.24) is 15.0 Å². The van der Waals surface area contributed by atoms with E-state index in [9.17, 15) is 8.78 Å². The Morgan fingerprint density at radius 1 is 1.04 bits per heavy atom. The first-order valence-electron chi connectivity index (χ1n) is 8.68. The quantitative estimate of drug-likeness (QED) is 0.616. The summed E-state index contributed by atoms with van der Waals surface area (Å²) in [6.45, 7) is 3.19. The summed E-state index contributed by atoms with van der Waals surface area (Å²) in [6.07, 6.45) is 3.42. The first kappa shape index (κ1) is 19.5. The molecule has 0 fully saturated rings. The van der Waals surface area contributed by atoms with E-state index in [1.807, 2.05) is 32.9 Å². The highest BCUT2D eigenvalue weighted by molar-refractivity contribution is 5.67. The van der Waals surface area contributed by atoms with E-state index in [1.165, 1.54) is 12.1 Å². The predicted octanol–water partition coefficient (Wildman–Crippen LogP) is 5.09. The molecule has 0 amide bonds. The molecule has 0 aliphatic carbocycles. The number of halogens is 2. The average Bonchev–Trinajstić information content (AvgIpc) is 2.62. The number of ether oxygens (including phenoxy) is 1. The van der Waals surface area contributed by atoms with Crippen LogP contribution in [0.2, 0.25) is 0 Å². The predicted molar refractivity (Wildman–Crippen MR) is 105 cm³/mol. The summed E-state index contributed by atoms with van der Waals surface area (Å²) in [5.41, 5.74) is 2.01. The fraction of sp³-hybridized carbons (Fsp3) is 0.250. The van der Waals surface area contributed by atoms with Crippen LogP contribution in [0.3, 0.4) is 0 Å². The Morgan fingerprint density at radius 2 is 1.79 bits per heavy atom. The van der Waals surface area contributed by atoms with Crippen LogP contribution in [0.1, 0.15) is 20.8 Å². The number of benzene rings is 1. The minimum absolute atomic E-state index is 0.0920. The molecule has 3 rings (SSSR count). The second-order valence-corrected chi connectivity index (χ2v) is 7.11. The van der Waals surface area contributed by atoms with Crippen LogP contribution in [0, 0.1) is 0 Å². The standard InChI is InChI=1S/C20H21F2N5O/c1-20(2,3)27-19-25-16(13-5-4-10-23-12-13)11-17(26-19)24-14-6-8-15(9-7-14)28-18(21)22/h4-12,18H,1-3H3,(H2,24,25,26,27). The van der Waals surface area contributed by atoms with Gasteiger partial charge >= 0.3 is 6.61 Å². The van der Waals surface area contributed by atoms with E-state index in [-0.39, 0.29) is 11.3 Å². The number of anilines is 3. The summed E-state index contributed by atoms with van der Waals surface area (Å²) >= 11 is 0. The summed E-state index contributed by atoms with van der Waals surface area (Å²) in [6, 6.07) is 11.8. The molecular weight excluding hydrogens is 364 g/mol. The number of nitrogens with zero attached hydrogens (tertiary/aromatic N) is 3. The van der Waals surface area contributed by atoms with Crippen LogP contribution in [0.4, 0.5) is 26.2 Å². The van der Waals surface area contributed by atoms with Crippen molar-refractivity contribution in [3.63, 3.8) is 0 Å². The van der Waals surface area contributed by atoms with E-state index < -0.39 is 6.61 Å². The Balaban J connectivity index is 1.89. The lowest BCUT2D eigenvalue weighted by molar-refractivity contribution is -0.0498. The second-order valence-electron chi connectivity index (χ2n) is 7.11. The Morgan fingerprint density at radius 3 is 2.39 bits per heavy atom. The van der Waals surface area contributed by atoms with Crippen LogP contribution in [0.25, 0.3) is 11.3 Å². The number of nitrogens with one attached hydrogen (secondary N) is 2. The van der Waals surface area contributed by atoms with Crippen molar-refractivity contribution in [2.45, 2.75) is 32.9 Å². The molecule has 0 radical (unpaired) electrons. The van der Waals surface area contributed by atoms with Gasteiger partial charge in [0.05, 0.1) is 5.69 Å². The van der Waals surface area contributed by atoms with Gasteiger partial charge in [0.1, 0.15) is 11.6 Å². The van der Waals surface area contributed by atoms with Crippen LogP contribution in [0.15, 0.2) is 54.9 Å². The first-order valence-corrected chi connectivity index (χ1v) is 8.68. The molecule has 28 heavy (non-hydrogen) atoms. The molecule has 6 nitrogen and oxygen atoms in total. The van der Waals surface area contributed by atoms with Gasteiger partial charge in [-0.1, -0.05) is 0 Å². The maximum absolute atomic E-state index is 12.3. The minimum atomic E-state index is -2.85. The van der Waals surface area contributed by atoms with Gasteiger partial charge < -0.3 is 15.4 Å². The van der Waals surface area contributed by atoms with Crippen LogP contribution in [0.5, 0.6) is 5.75 Å². The third-order valence-corrected chi connectivity index (χ3v) is 3.52. The molecule has 0 saturated carbocycles. The molecule has 146 valence electrons. The molecule has 2 N–H and O–H groups in total. The van der Waals surface area contributed by atoms with Crippen LogP contribution in [-0.2, 0) is 0 Å². The van der Waals surface area contributed by atoms with Crippen molar-refractivity contribution >= 4 is 17.5 Å². The van der Waals surface area contributed by atoms with E-state index in [0.717, 1.165) is 5.56 Å². The van der Waals surface area contributed by atoms with Gasteiger partial charge in [0, 0.05) is 35.2 Å². The van der Waals surface area contributed by atoms with Crippen molar-refractivity contribution in [2.24, 2.45) is 0 Å². The zero-order valence-electron chi connectivity index (χ0n) is 15.8. The highest BCUT2D eigenvalue weighted by Crippen LogP contribution is 2.25. The third kappa shape index (κ3) is 5.60. The highest BCUT2D eigenvalue weighted by atomic mass is 19.3. The van der Waals surface area contributed by atoms with E-state index in [0.29, 0.717) is 23.1 Å². The van der Waals surface area contributed by atoms with Crippen molar-refractivity contribution in [2.75, 3.05) is 10.6 Å². The van der Waals surface area contributed by atoms with Crippen molar-refractivity contribution < 1.29 is 13.5 Å². The molecule has 0 aliphatic heterocycles. The molecule has 2 heterocycles. The van der Waals surface area contributed by atoms with Crippen molar-refractivity contribution in [3.05, 3.63) is 54.9 Å². The van der Waals surface area contributed by atoms with Crippen molar-refractivity contribution in [3.8, 4) is 17.0 Å². The molecule has 0 unspecified atom stereocenters. The Bertz CT molecular complexity index is 912. The van der Waals surface area contributed by atoms with Crippen LogP contribution >= 0.6 is 0 Å². The lowest BCUT2D eigenvalue weighted by atomic mass is 10.1. The van der Waals surface area contributed by atoms with Gasteiger partial charge in [-0.15, -0.1) is 0 Å². The Labute approximate surface area is 162 Å². The molecule has 0 aliphatic rings. The maximum Gasteiger partial charge on any atom is 0.387 e. The van der Waals surface area contributed by atoms with Gasteiger partial charge in [0.25, 0.3) is 0 Å². The molecule has 3 aromatic rings. The van der Waals surface area contributed by atoms with Gasteiger partial charge in [-0.05, 0) is 57.2 Å². The fourth-order valence-electron chi connectivity index (χ4n) is 2.43. The maximum atomic E-state index is 12.3. The Hall–Kier alpha value is -3.29. The van der Waals surface area contributed by atoms with E-state index in [1.54, 1.807) is 30.6 Å². The molecular formula is C20H21F2N5O. The summed E-state index contributed by atoms with van der Waals surface area (Å²) in [5.74, 6) is 1.12. The molecule has 1 aromatic carbocycles. The number of hydrogen-bond donors (Lipinski definition) is 2. The van der Waals surface area contributed by atoms with Crippen LogP contribution in [-0.4, -0.2) is 27.1 Å². The van der Waals surface area contributed by atoms with Crippen LogP contribution < -0.4 is 15.4 Å². The topological polar surface area (TPSA) is 72.0 Å². The monoisotopic (exact) mass is 385 g/mol. The minimum Gasteiger partial charge on any atom is -0.435 e. The summed E-state index contributed by atoms with van der Waals surface area (Å²) in [5, 5.41) is 6.43. The Kier molecular flexibility index (Phi) is 5.67. The first-order chi connectivity index (χ1) is 13.3. The number of aromatic nitrogens is 3. The normalized spacial score (nSPS) is 11.4. The summed E-state index contributed by atoms with van der Waals surface area (Å²) < 4.78 is 28.9. The molecule has 0 saturated heterocycles. The van der Waals surface area contributed by atoms with Gasteiger partial charge in [-0.25, -0.2) is 4.98 Å². The lowest BCUT2D eigenvalue weighted by Crippen LogP contribution is -2.27. The van der Waals surface area contributed by atoms with E-state index in [2.05, 4.69) is 30.3 Å². The third-order valence-electron chi connectivity index (χ3n) is 3.52. The zero-order valence-corrected chi connectivity index (χ0v) is 15.8. The summed E-state index contributed by atoms with van der Waals surface area (Å²) in [7, 11) is 0. The number of alkyl halides is 2. The van der Waals surface area contributed by atoms with Gasteiger partial charge in [-0.2, -0.15) is 13.8 Å². The number of pyridine rings is 1. The van der Waals surface area contributed by atoms with Crippen molar-refractivity contribution in [1.29, 1.82) is 0 Å². The van der Waals surface area contributed by atoms with Gasteiger partial charge in [0.2, 0.25) is 5.95 Å². The van der Waals surface area contributed by atoms with Gasteiger partial charge in [0.15, 0.2) is 0 Å². The highest BCUT2D eigenvalue weighted by Gasteiger charge is 2.14. The van der Waals surface area contributed by atoms with E-state index >= 15 is 0 Å². The number of hydrogen-bond acceptors (Lipinski definition) is 6. The molecule has 8 heteroatoms. The molecule has 0 spiro atoms. The summed E-state index contributed by atoms with van der Waals surface area (Å²) in [4.78, 5) is 13.2. The average molecular weight is 385 g/mol. The molecule has 2 aromatic heterocycles. The van der Waals surface area contributed by atoms with E-state index in [4.69, 9.17) is 0 Å². The smallest absolute Gasteiger partial charge is 0.387 e. The SMILES string of the molecule is CC(C)(C)Nc1nc(Nc2ccc(OC(F)F)cc2)cc(-c2cccnc2)n1. The lowest BCUT2D eigenvalue weighted by Gasteiger charge is -2.21. The largest absolute Gasteiger partial charge is 0.435 e. The molecule has 0 bridgehead atoms.